The molecule has 1 aliphatic heterocycles. The summed E-state index contributed by atoms with van der Waals surface area (Å²) in [6.45, 7) is 0.375. The van der Waals surface area contributed by atoms with E-state index in [-0.39, 0.29) is 36.9 Å². The molecule has 4 aromatic rings. The minimum Gasteiger partial charge on any atom is -0.474 e. The Morgan fingerprint density at radius 1 is 1.24 bits per heavy atom. The third-order valence-corrected chi connectivity index (χ3v) is 7.76. The van der Waals surface area contributed by atoms with Gasteiger partial charge in [-0.3, -0.25) is 4.79 Å². The zero-order valence-electron chi connectivity index (χ0n) is 17.8. The van der Waals surface area contributed by atoms with Gasteiger partial charge in [0.25, 0.3) is 5.91 Å². The molecular formula is C22H20ClN5O5S. The van der Waals surface area contributed by atoms with Gasteiger partial charge in [0.1, 0.15) is 29.6 Å². The van der Waals surface area contributed by atoms with Crippen molar-refractivity contribution in [3.05, 3.63) is 59.5 Å². The molecule has 34 heavy (non-hydrogen) atoms. The highest BCUT2D eigenvalue weighted by Gasteiger charge is 2.36. The van der Waals surface area contributed by atoms with Crippen LogP contribution in [0, 0.1) is 0 Å². The average molecular weight is 502 g/mol. The van der Waals surface area contributed by atoms with Crippen LogP contribution in [0.2, 0.25) is 5.02 Å². The number of nitrogens with zero attached hydrogens (tertiary/aromatic N) is 3. The van der Waals surface area contributed by atoms with Gasteiger partial charge in [0.15, 0.2) is 0 Å². The highest BCUT2D eigenvalue weighted by atomic mass is 35.5. The lowest BCUT2D eigenvalue weighted by atomic mass is 10.2. The fourth-order valence-electron chi connectivity index (χ4n) is 3.99. The van der Waals surface area contributed by atoms with Gasteiger partial charge in [-0.2, -0.15) is 4.31 Å². The van der Waals surface area contributed by atoms with Crippen LogP contribution in [-0.2, 0) is 14.8 Å². The number of morpholine rings is 1. The number of rotatable bonds is 6. The van der Waals surface area contributed by atoms with E-state index in [0.29, 0.717) is 21.8 Å². The van der Waals surface area contributed by atoms with E-state index in [0.717, 1.165) is 10.9 Å². The molecule has 1 atom stereocenters. The van der Waals surface area contributed by atoms with E-state index < -0.39 is 22.0 Å². The van der Waals surface area contributed by atoms with Crippen molar-refractivity contribution in [2.45, 2.75) is 11.0 Å². The SMILES string of the molecule is NC(=O)c1[nH]c2ccc(Cl)cc2c1S(=O)(=O)N1CCO[C@H](COc2ncnc3ccccc23)C1. The van der Waals surface area contributed by atoms with Gasteiger partial charge in [0.2, 0.25) is 15.9 Å². The molecule has 1 aliphatic rings. The first-order valence-corrected chi connectivity index (χ1v) is 12.2. The molecule has 5 rings (SSSR count). The summed E-state index contributed by atoms with van der Waals surface area (Å²) in [5.74, 6) is -0.494. The molecule has 1 fully saturated rings. The van der Waals surface area contributed by atoms with Gasteiger partial charge in [-0.15, -0.1) is 0 Å². The van der Waals surface area contributed by atoms with Crippen molar-refractivity contribution in [2.75, 3.05) is 26.3 Å². The number of sulfonamides is 1. The molecule has 0 unspecified atom stereocenters. The second-order valence-corrected chi connectivity index (χ2v) is 10.1. The number of primary amides is 1. The summed E-state index contributed by atoms with van der Waals surface area (Å²) in [4.78, 5) is 23.1. The summed E-state index contributed by atoms with van der Waals surface area (Å²) in [6.07, 6.45) is 0.854. The molecule has 0 saturated carbocycles. The molecule has 3 N–H and O–H groups in total. The van der Waals surface area contributed by atoms with E-state index >= 15 is 0 Å². The Kier molecular flexibility index (Phi) is 5.86. The van der Waals surface area contributed by atoms with E-state index in [1.807, 2.05) is 24.3 Å². The molecule has 1 amide bonds. The molecule has 0 radical (unpaired) electrons. The third-order valence-electron chi connectivity index (χ3n) is 5.57. The number of fused-ring (bicyclic) bond motifs is 2. The van der Waals surface area contributed by atoms with Gasteiger partial charge in [0, 0.05) is 29.0 Å². The predicted molar refractivity (Wildman–Crippen MR) is 125 cm³/mol. The summed E-state index contributed by atoms with van der Waals surface area (Å²) in [7, 11) is -4.11. The molecule has 10 nitrogen and oxygen atoms in total. The molecule has 1 saturated heterocycles. The van der Waals surface area contributed by atoms with Crippen molar-refractivity contribution < 1.29 is 22.7 Å². The monoisotopic (exact) mass is 501 g/mol. The highest BCUT2D eigenvalue weighted by Crippen LogP contribution is 2.32. The Hall–Kier alpha value is -3.25. The van der Waals surface area contributed by atoms with Crippen LogP contribution < -0.4 is 10.5 Å². The highest BCUT2D eigenvalue weighted by molar-refractivity contribution is 7.89. The Morgan fingerprint density at radius 2 is 2.06 bits per heavy atom. The van der Waals surface area contributed by atoms with Crippen molar-refractivity contribution in [3.63, 3.8) is 0 Å². The summed E-state index contributed by atoms with van der Waals surface area (Å²) in [5.41, 5.74) is 6.47. The number of aromatic amines is 1. The number of ether oxygens (including phenoxy) is 2. The first-order chi connectivity index (χ1) is 16.3. The van der Waals surface area contributed by atoms with Gasteiger partial charge >= 0.3 is 0 Å². The van der Waals surface area contributed by atoms with Crippen LogP contribution in [0.4, 0.5) is 0 Å². The molecule has 0 aliphatic carbocycles. The number of amides is 1. The number of benzene rings is 2. The van der Waals surface area contributed by atoms with Gasteiger partial charge in [-0.05, 0) is 30.3 Å². The van der Waals surface area contributed by atoms with E-state index in [2.05, 4.69) is 15.0 Å². The Balaban J connectivity index is 1.41. The Bertz CT molecular complexity index is 1500. The van der Waals surface area contributed by atoms with Crippen LogP contribution in [-0.4, -0.2) is 66.0 Å². The summed E-state index contributed by atoms with van der Waals surface area (Å²) < 4.78 is 40.1. The molecule has 2 aromatic carbocycles. The second-order valence-electron chi connectivity index (χ2n) is 7.75. The van der Waals surface area contributed by atoms with Crippen LogP contribution in [0.25, 0.3) is 21.8 Å². The maximum absolute atomic E-state index is 13.6. The number of carbonyl (C=O) groups excluding carboxylic acids is 1. The minimum absolute atomic E-state index is 0.0246. The summed E-state index contributed by atoms with van der Waals surface area (Å²) in [5, 5.41) is 1.38. The fraction of sp³-hybridized carbons (Fsp3) is 0.227. The Morgan fingerprint density at radius 3 is 2.88 bits per heavy atom. The van der Waals surface area contributed by atoms with E-state index in [1.165, 1.54) is 16.7 Å². The van der Waals surface area contributed by atoms with Crippen LogP contribution in [0.3, 0.4) is 0 Å². The van der Waals surface area contributed by atoms with E-state index in [1.54, 1.807) is 12.1 Å². The zero-order chi connectivity index (χ0) is 23.9. The van der Waals surface area contributed by atoms with E-state index in [9.17, 15) is 13.2 Å². The van der Waals surface area contributed by atoms with Crippen molar-refractivity contribution in [1.82, 2.24) is 19.3 Å². The van der Waals surface area contributed by atoms with Gasteiger partial charge in [-0.25, -0.2) is 18.4 Å². The molecule has 0 spiro atoms. The topological polar surface area (TPSA) is 140 Å². The number of H-pyrrole nitrogens is 1. The largest absolute Gasteiger partial charge is 0.474 e. The molecule has 2 aromatic heterocycles. The first kappa shape index (κ1) is 22.5. The smallest absolute Gasteiger partial charge is 0.266 e. The van der Waals surface area contributed by atoms with Crippen molar-refractivity contribution in [2.24, 2.45) is 5.73 Å². The normalized spacial score (nSPS) is 17.3. The van der Waals surface area contributed by atoms with Gasteiger partial charge < -0.3 is 20.2 Å². The quantitative estimate of drug-likeness (QED) is 0.413. The van der Waals surface area contributed by atoms with Crippen molar-refractivity contribution in [3.8, 4) is 5.88 Å². The maximum Gasteiger partial charge on any atom is 0.266 e. The second kappa shape index (κ2) is 8.84. The molecule has 3 heterocycles. The standard InChI is InChI=1S/C22H20ClN5O5S/c23-13-5-6-18-16(9-13)20(19(27-18)21(24)29)34(30,31)28-7-8-32-14(10-28)11-33-22-15-3-1-2-4-17(15)25-12-26-22/h1-6,9,12,14,27H,7-8,10-11H2,(H2,24,29)/t14-/m0/s1. The molecule has 0 bridgehead atoms. The maximum atomic E-state index is 13.6. The molecular weight excluding hydrogens is 482 g/mol. The van der Waals surface area contributed by atoms with Crippen LogP contribution in [0.15, 0.2) is 53.7 Å². The lowest BCUT2D eigenvalue weighted by Gasteiger charge is -2.32. The number of para-hydroxylation sites is 1. The average Bonchev–Trinajstić information content (AvgIpc) is 3.23. The zero-order valence-corrected chi connectivity index (χ0v) is 19.3. The van der Waals surface area contributed by atoms with Crippen LogP contribution in [0.1, 0.15) is 10.5 Å². The van der Waals surface area contributed by atoms with E-state index in [4.69, 9.17) is 26.8 Å². The Labute approximate surface area is 199 Å². The van der Waals surface area contributed by atoms with Gasteiger partial charge in [0.05, 0.1) is 17.5 Å². The molecule has 176 valence electrons. The van der Waals surface area contributed by atoms with Crippen LogP contribution in [0.5, 0.6) is 5.88 Å². The predicted octanol–water partition coefficient (Wildman–Crippen LogP) is 2.33. The molecule has 12 heteroatoms. The number of hydrogen-bond acceptors (Lipinski definition) is 7. The third kappa shape index (κ3) is 4.07. The summed E-state index contributed by atoms with van der Waals surface area (Å²) in [6, 6.07) is 12.1. The number of halogens is 1. The lowest BCUT2D eigenvalue weighted by molar-refractivity contribution is -0.0254. The number of carbonyl (C=O) groups is 1. The van der Waals surface area contributed by atoms with Crippen molar-refractivity contribution in [1.29, 1.82) is 0 Å². The fourth-order valence-corrected chi connectivity index (χ4v) is 5.95. The number of nitrogens with one attached hydrogen (secondary N) is 1. The first-order valence-electron chi connectivity index (χ1n) is 10.4. The minimum atomic E-state index is -4.11. The number of hydrogen-bond donors (Lipinski definition) is 2. The van der Waals surface area contributed by atoms with Crippen molar-refractivity contribution >= 4 is 49.3 Å². The van der Waals surface area contributed by atoms with Crippen LogP contribution >= 0.6 is 11.6 Å². The number of aromatic nitrogens is 3. The summed E-state index contributed by atoms with van der Waals surface area (Å²) >= 11 is 6.09. The number of nitrogens with two attached hydrogens (primary N) is 1. The van der Waals surface area contributed by atoms with Gasteiger partial charge in [-0.1, -0.05) is 23.7 Å². The lowest BCUT2D eigenvalue weighted by Crippen LogP contribution is -2.47.